The summed E-state index contributed by atoms with van der Waals surface area (Å²) in [7, 11) is 3.45. The minimum atomic E-state index is -0.175. The molecule has 1 saturated carbocycles. The van der Waals surface area contributed by atoms with Gasteiger partial charge < -0.3 is 15.5 Å². The Morgan fingerprint density at radius 2 is 1.97 bits per heavy atom. The van der Waals surface area contributed by atoms with Crippen LogP contribution in [0.15, 0.2) is 12.1 Å². The summed E-state index contributed by atoms with van der Waals surface area (Å²) in [4.78, 5) is 35.2. The van der Waals surface area contributed by atoms with Crippen molar-refractivity contribution in [2.24, 2.45) is 5.92 Å². The molecule has 3 heterocycles. The number of aromatic nitrogens is 1. The fourth-order valence-corrected chi connectivity index (χ4v) is 5.88. The third-order valence-corrected chi connectivity index (χ3v) is 7.63. The largest absolute Gasteiger partial charge is 0.397 e. The molecule has 4 rings (SSSR count). The van der Waals surface area contributed by atoms with E-state index >= 15 is 0 Å². The third-order valence-electron chi connectivity index (χ3n) is 6.53. The molecule has 7 heteroatoms. The van der Waals surface area contributed by atoms with Gasteiger partial charge in [0.15, 0.2) is 0 Å². The maximum Gasteiger partial charge on any atom is 0.265 e. The molecular weight excluding hydrogens is 384 g/mol. The molecule has 1 saturated heterocycles. The van der Waals surface area contributed by atoms with Crippen LogP contribution in [-0.2, 0) is 10.2 Å². The van der Waals surface area contributed by atoms with Crippen LogP contribution in [0.5, 0.6) is 0 Å². The number of pyridine rings is 1. The number of rotatable bonds is 3. The number of nitrogen functional groups attached to an aromatic ring is 1. The second-order valence-corrected chi connectivity index (χ2v) is 10.00. The molecule has 0 bridgehead atoms. The quantitative estimate of drug-likeness (QED) is 0.831. The van der Waals surface area contributed by atoms with E-state index in [-0.39, 0.29) is 17.2 Å². The zero-order valence-corrected chi connectivity index (χ0v) is 18.3. The van der Waals surface area contributed by atoms with Crippen molar-refractivity contribution >= 4 is 39.1 Å². The number of amides is 2. The molecule has 2 aromatic rings. The smallest absolute Gasteiger partial charge is 0.265 e. The summed E-state index contributed by atoms with van der Waals surface area (Å²) in [5.74, 6) is 0.447. The molecule has 0 spiro atoms. The summed E-state index contributed by atoms with van der Waals surface area (Å²) >= 11 is 1.36. The molecule has 2 aliphatic rings. The first-order valence-electron chi connectivity index (χ1n) is 10.5. The lowest BCUT2D eigenvalue weighted by Gasteiger charge is -2.41. The summed E-state index contributed by atoms with van der Waals surface area (Å²) in [6, 6.07) is 4.01. The van der Waals surface area contributed by atoms with Crippen molar-refractivity contribution in [3.63, 3.8) is 0 Å². The number of piperidine rings is 1. The highest BCUT2D eigenvalue weighted by molar-refractivity contribution is 7.21. The van der Waals surface area contributed by atoms with Crippen molar-refractivity contribution in [3.05, 3.63) is 22.7 Å². The highest BCUT2D eigenvalue weighted by atomic mass is 32.1. The SMILES string of the molecule is CN(C)C(=O)c1sc2nc(C3(C)CCCN(C(=O)C4CCCC4)C3)ccc2c1N. The minimum absolute atomic E-state index is 0.0933. The molecule has 2 amide bonds. The number of hydrogen-bond donors (Lipinski definition) is 1. The molecule has 2 fully saturated rings. The normalized spacial score (nSPS) is 22.9. The van der Waals surface area contributed by atoms with Crippen LogP contribution in [0.25, 0.3) is 10.2 Å². The zero-order valence-electron chi connectivity index (χ0n) is 17.5. The fourth-order valence-electron chi connectivity index (χ4n) is 4.76. The van der Waals surface area contributed by atoms with Gasteiger partial charge in [0.2, 0.25) is 5.91 Å². The topological polar surface area (TPSA) is 79.5 Å². The van der Waals surface area contributed by atoms with Gasteiger partial charge in [0.1, 0.15) is 9.71 Å². The fraction of sp³-hybridized carbons (Fsp3) is 0.591. The molecule has 1 aliphatic heterocycles. The third kappa shape index (κ3) is 3.61. The van der Waals surface area contributed by atoms with E-state index in [0.29, 0.717) is 23.0 Å². The summed E-state index contributed by atoms with van der Waals surface area (Å²) in [6.45, 7) is 3.77. The molecule has 156 valence electrons. The number of nitrogens with zero attached hydrogens (tertiary/aromatic N) is 3. The average molecular weight is 415 g/mol. The number of likely N-dealkylation sites (tertiary alicyclic amines) is 1. The van der Waals surface area contributed by atoms with Gasteiger partial charge >= 0.3 is 0 Å². The predicted octanol–water partition coefficient (Wildman–Crippen LogP) is 3.65. The Morgan fingerprint density at radius 1 is 1.24 bits per heavy atom. The van der Waals surface area contributed by atoms with Crippen LogP contribution in [-0.4, -0.2) is 53.8 Å². The lowest BCUT2D eigenvalue weighted by Crippen LogP contribution is -2.49. The van der Waals surface area contributed by atoms with E-state index < -0.39 is 0 Å². The summed E-state index contributed by atoms with van der Waals surface area (Å²) in [6.07, 6.45) is 6.41. The zero-order chi connectivity index (χ0) is 20.8. The highest BCUT2D eigenvalue weighted by Crippen LogP contribution is 2.38. The summed E-state index contributed by atoms with van der Waals surface area (Å²) in [5.41, 5.74) is 7.56. The molecule has 1 atom stereocenters. The van der Waals surface area contributed by atoms with Crippen LogP contribution >= 0.6 is 11.3 Å². The Bertz CT molecular complexity index is 948. The number of nitrogens with two attached hydrogens (primary N) is 1. The Labute approximate surface area is 176 Å². The Kier molecular flexibility index (Phi) is 5.27. The minimum Gasteiger partial charge on any atom is -0.397 e. The maximum atomic E-state index is 13.0. The lowest BCUT2D eigenvalue weighted by molar-refractivity contribution is -0.137. The van der Waals surface area contributed by atoms with Crippen molar-refractivity contribution in [1.29, 1.82) is 0 Å². The van der Waals surface area contributed by atoms with Gasteiger partial charge in [-0.3, -0.25) is 9.59 Å². The number of anilines is 1. The van der Waals surface area contributed by atoms with Crippen LogP contribution in [0.1, 0.15) is 60.8 Å². The van der Waals surface area contributed by atoms with Crippen molar-refractivity contribution in [2.75, 3.05) is 32.9 Å². The predicted molar refractivity (Wildman–Crippen MR) is 117 cm³/mol. The van der Waals surface area contributed by atoms with Gasteiger partial charge in [-0.05, 0) is 37.8 Å². The van der Waals surface area contributed by atoms with Gasteiger partial charge in [-0.25, -0.2) is 4.98 Å². The summed E-state index contributed by atoms with van der Waals surface area (Å²) in [5, 5.41) is 0.835. The first-order chi connectivity index (χ1) is 13.8. The number of carbonyl (C=O) groups is 2. The van der Waals surface area contributed by atoms with Crippen LogP contribution in [0, 0.1) is 5.92 Å². The first-order valence-corrected chi connectivity index (χ1v) is 11.3. The number of fused-ring (bicyclic) bond motifs is 1. The molecule has 0 radical (unpaired) electrons. The molecule has 2 N–H and O–H groups in total. The molecule has 6 nitrogen and oxygen atoms in total. The number of carbonyl (C=O) groups excluding carboxylic acids is 2. The Hall–Kier alpha value is -2.15. The van der Waals surface area contributed by atoms with E-state index in [1.807, 2.05) is 12.1 Å². The van der Waals surface area contributed by atoms with Crippen molar-refractivity contribution in [3.8, 4) is 0 Å². The van der Waals surface area contributed by atoms with Crippen molar-refractivity contribution < 1.29 is 9.59 Å². The lowest BCUT2D eigenvalue weighted by atomic mass is 9.78. The number of hydrogen-bond acceptors (Lipinski definition) is 5. The van der Waals surface area contributed by atoms with Gasteiger partial charge in [0, 0.05) is 49.6 Å². The first kappa shape index (κ1) is 20.1. The maximum absolute atomic E-state index is 13.0. The number of thiophene rings is 1. The van der Waals surface area contributed by atoms with E-state index in [4.69, 9.17) is 10.7 Å². The van der Waals surface area contributed by atoms with Crippen LogP contribution in [0.4, 0.5) is 5.69 Å². The van der Waals surface area contributed by atoms with Crippen LogP contribution in [0.2, 0.25) is 0 Å². The molecule has 0 aromatic carbocycles. The van der Waals surface area contributed by atoms with Gasteiger partial charge in [0.25, 0.3) is 5.91 Å². The van der Waals surface area contributed by atoms with Gasteiger partial charge in [-0.2, -0.15) is 0 Å². The Morgan fingerprint density at radius 3 is 2.66 bits per heavy atom. The van der Waals surface area contributed by atoms with Gasteiger partial charge in [-0.15, -0.1) is 11.3 Å². The monoisotopic (exact) mass is 414 g/mol. The van der Waals surface area contributed by atoms with Gasteiger partial charge in [-0.1, -0.05) is 19.8 Å². The van der Waals surface area contributed by atoms with E-state index in [2.05, 4.69) is 11.8 Å². The average Bonchev–Trinajstić information content (AvgIpc) is 3.35. The van der Waals surface area contributed by atoms with Gasteiger partial charge in [0.05, 0.1) is 5.69 Å². The highest BCUT2D eigenvalue weighted by Gasteiger charge is 2.38. The molecule has 1 aliphatic carbocycles. The van der Waals surface area contributed by atoms with Crippen LogP contribution in [0.3, 0.4) is 0 Å². The molecule has 1 unspecified atom stereocenters. The molecule has 2 aromatic heterocycles. The van der Waals surface area contributed by atoms with Crippen molar-refractivity contribution in [2.45, 2.75) is 50.9 Å². The summed E-state index contributed by atoms with van der Waals surface area (Å²) < 4.78 is 0. The van der Waals surface area contributed by atoms with E-state index in [9.17, 15) is 9.59 Å². The van der Waals surface area contributed by atoms with E-state index in [0.717, 1.165) is 48.1 Å². The van der Waals surface area contributed by atoms with Crippen LogP contribution < -0.4 is 5.73 Å². The van der Waals surface area contributed by atoms with E-state index in [1.165, 1.54) is 29.1 Å². The molecule has 29 heavy (non-hydrogen) atoms. The van der Waals surface area contributed by atoms with Crippen molar-refractivity contribution in [1.82, 2.24) is 14.8 Å². The second kappa shape index (κ2) is 7.59. The second-order valence-electron chi connectivity index (χ2n) is 9.00. The molecular formula is C22H30N4O2S. The standard InChI is InChI=1S/C22H30N4O2S/c1-22(11-6-12-26(13-22)20(27)14-7-4-5-8-14)16-10-9-15-17(23)18(21(28)25(2)3)29-19(15)24-16/h9-10,14H,4-8,11-13,23H2,1-3H3. The Balaban J connectivity index is 1.62. The van der Waals surface area contributed by atoms with E-state index in [1.54, 1.807) is 14.1 Å².